The van der Waals surface area contributed by atoms with Crippen molar-refractivity contribution in [3.05, 3.63) is 29.6 Å². The van der Waals surface area contributed by atoms with E-state index in [1.807, 2.05) is 45.9 Å². The molecule has 122 valence electrons. The first-order chi connectivity index (χ1) is 10.2. The fourth-order valence-electron chi connectivity index (χ4n) is 2.69. The Morgan fingerprint density at radius 2 is 2.18 bits per heavy atom. The number of carbonyl (C=O) groups excluding carboxylic acids is 1. The van der Waals surface area contributed by atoms with Gasteiger partial charge in [-0.05, 0) is 52.7 Å². The summed E-state index contributed by atoms with van der Waals surface area (Å²) in [6, 6.07) is 5.89. The number of carbonyl (C=O) groups is 1. The highest BCUT2D eigenvalue weighted by Crippen LogP contribution is 2.22. The molecule has 5 heteroatoms. The maximum absolute atomic E-state index is 12.2. The van der Waals surface area contributed by atoms with Gasteiger partial charge in [-0.15, -0.1) is 0 Å². The van der Waals surface area contributed by atoms with Crippen molar-refractivity contribution in [2.45, 2.75) is 52.2 Å². The molecule has 0 bridgehead atoms. The molecule has 1 saturated heterocycles. The van der Waals surface area contributed by atoms with Crippen LogP contribution in [0.5, 0.6) is 0 Å². The maximum atomic E-state index is 12.2. The van der Waals surface area contributed by atoms with E-state index < -0.39 is 11.7 Å². The van der Waals surface area contributed by atoms with Gasteiger partial charge in [-0.25, -0.2) is 4.79 Å². The Kier molecular flexibility index (Phi) is 5.06. The third kappa shape index (κ3) is 4.70. The summed E-state index contributed by atoms with van der Waals surface area (Å²) in [6.07, 6.45) is 0.542. The van der Waals surface area contributed by atoms with Gasteiger partial charge < -0.3 is 14.7 Å². The highest BCUT2D eigenvalue weighted by atomic mass is 16.6. The fourth-order valence-corrected chi connectivity index (χ4v) is 2.69. The quantitative estimate of drug-likeness (QED) is 0.912. The van der Waals surface area contributed by atoms with Crippen molar-refractivity contribution < 1.29 is 14.6 Å². The first-order valence-corrected chi connectivity index (χ1v) is 7.83. The molecule has 1 amide bonds. The minimum atomic E-state index is -0.499. The summed E-state index contributed by atoms with van der Waals surface area (Å²) >= 11 is 0. The topological polar surface area (TPSA) is 62.7 Å². The van der Waals surface area contributed by atoms with Gasteiger partial charge in [0.2, 0.25) is 0 Å². The number of aliphatic hydroxyl groups is 1. The average molecular weight is 306 g/mol. The number of ether oxygens (including phenoxy) is 1. The van der Waals surface area contributed by atoms with E-state index in [1.165, 1.54) is 0 Å². The summed E-state index contributed by atoms with van der Waals surface area (Å²) in [6.45, 7) is 8.57. The lowest BCUT2D eigenvalue weighted by Crippen LogP contribution is -2.48. The van der Waals surface area contributed by atoms with Crippen LogP contribution in [-0.2, 0) is 11.2 Å². The van der Waals surface area contributed by atoms with E-state index in [4.69, 9.17) is 4.74 Å². The zero-order valence-corrected chi connectivity index (χ0v) is 13.9. The third-order valence-corrected chi connectivity index (χ3v) is 3.76. The number of hydrogen-bond acceptors (Lipinski definition) is 4. The number of piperidine rings is 1. The van der Waals surface area contributed by atoms with Gasteiger partial charge in [0.25, 0.3) is 0 Å². The smallest absolute Gasteiger partial charge is 0.410 e. The molecule has 5 nitrogen and oxygen atoms in total. The van der Waals surface area contributed by atoms with Crippen LogP contribution in [0.25, 0.3) is 0 Å². The van der Waals surface area contributed by atoms with Gasteiger partial charge in [0, 0.05) is 30.4 Å². The van der Waals surface area contributed by atoms with Crippen LogP contribution in [-0.4, -0.2) is 45.9 Å². The molecule has 2 unspecified atom stereocenters. The van der Waals surface area contributed by atoms with Crippen molar-refractivity contribution in [3.8, 4) is 0 Å². The van der Waals surface area contributed by atoms with E-state index in [1.54, 1.807) is 4.90 Å². The van der Waals surface area contributed by atoms with Crippen LogP contribution in [0.1, 0.15) is 38.6 Å². The van der Waals surface area contributed by atoms with Crippen LogP contribution >= 0.6 is 0 Å². The average Bonchev–Trinajstić information content (AvgIpc) is 2.39. The van der Waals surface area contributed by atoms with Crippen molar-refractivity contribution in [3.63, 3.8) is 0 Å². The predicted molar refractivity (Wildman–Crippen MR) is 84.6 cm³/mol. The van der Waals surface area contributed by atoms with Gasteiger partial charge in [-0.1, -0.05) is 6.07 Å². The van der Waals surface area contributed by atoms with Crippen LogP contribution in [0, 0.1) is 12.8 Å². The lowest BCUT2D eigenvalue weighted by molar-refractivity contribution is -0.00841. The number of pyridine rings is 1. The van der Waals surface area contributed by atoms with E-state index >= 15 is 0 Å². The zero-order chi connectivity index (χ0) is 16.3. The highest BCUT2D eigenvalue weighted by Gasteiger charge is 2.32. The lowest BCUT2D eigenvalue weighted by Gasteiger charge is -2.36. The number of nitrogens with zero attached hydrogens (tertiary/aromatic N) is 2. The second kappa shape index (κ2) is 6.65. The molecule has 1 aromatic rings. The molecular weight excluding hydrogens is 280 g/mol. The molecule has 2 rings (SSSR count). The predicted octanol–water partition coefficient (Wildman–Crippen LogP) is 2.55. The van der Waals surface area contributed by atoms with E-state index in [0.717, 1.165) is 11.4 Å². The molecule has 2 atom stereocenters. The van der Waals surface area contributed by atoms with Gasteiger partial charge in [-0.2, -0.15) is 0 Å². The first-order valence-electron chi connectivity index (χ1n) is 7.83. The van der Waals surface area contributed by atoms with Crippen molar-refractivity contribution in [2.24, 2.45) is 5.92 Å². The Morgan fingerprint density at radius 3 is 2.82 bits per heavy atom. The SMILES string of the molecule is Cc1cccc(CC2CN(C(=O)OC(C)(C)C)CCC2O)n1. The third-order valence-electron chi connectivity index (χ3n) is 3.76. The second-order valence-electron chi connectivity index (χ2n) is 7.02. The summed E-state index contributed by atoms with van der Waals surface area (Å²) in [5.41, 5.74) is 1.42. The molecular formula is C17H26N2O3. The molecule has 1 aliphatic rings. The van der Waals surface area contributed by atoms with Crippen molar-refractivity contribution >= 4 is 6.09 Å². The van der Waals surface area contributed by atoms with Gasteiger partial charge in [0.15, 0.2) is 0 Å². The standard InChI is InChI=1S/C17H26N2O3/c1-12-6-5-7-14(18-12)10-13-11-19(9-8-15(13)20)16(21)22-17(2,3)4/h5-7,13,15,20H,8-11H2,1-4H3. The zero-order valence-electron chi connectivity index (χ0n) is 13.9. The Morgan fingerprint density at radius 1 is 1.45 bits per heavy atom. The van der Waals surface area contributed by atoms with E-state index in [2.05, 4.69) is 4.98 Å². The number of hydrogen-bond donors (Lipinski definition) is 1. The molecule has 0 radical (unpaired) electrons. The largest absolute Gasteiger partial charge is 0.444 e. The molecule has 2 heterocycles. The van der Waals surface area contributed by atoms with Crippen LogP contribution in [0.4, 0.5) is 4.79 Å². The molecule has 1 fully saturated rings. The maximum Gasteiger partial charge on any atom is 0.410 e. The number of aliphatic hydroxyl groups excluding tert-OH is 1. The highest BCUT2D eigenvalue weighted by molar-refractivity contribution is 5.68. The second-order valence-corrected chi connectivity index (χ2v) is 7.02. The molecule has 22 heavy (non-hydrogen) atoms. The normalized spacial score (nSPS) is 22.5. The van der Waals surface area contributed by atoms with Crippen LogP contribution < -0.4 is 0 Å². The number of likely N-dealkylation sites (tertiary alicyclic amines) is 1. The molecule has 1 N–H and O–H groups in total. The number of aromatic nitrogens is 1. The van der Waals surface area contributed by atoms with E-state index in [-0.39, 0.29) is 12.0 Å². The summed E-state index contributed by atoms with van der Waals surface area (Å²) in [5.74, 6) is -0.00410. The van der Waals surface area contributed by atoms with Crippen molar-refractivity contribution in [1.82, 2.24) is 9.88 Å². The monoisotopic (exact) mass is 306 g/mol. The van der Waals surface area contributed by atoms with E-state index in [0.29, 0.717) is 25.9 Å². The van der Waals surface area contributed by atoms with Gasteiger partial charge in [0.1, 0.15) is 5.60 Å². The van der Waals surface area contributed by atoms with Crippen LogP contribution in [0.2, 0.25) is 0 Å². The van der Waals surface area contributed by atoms with Crippen molar-refractivity contribution in [2.75, 3.05) is 13.1 Å². The van der Waals surface area contributed by atoms with Gasteiger partial charge in [-0.3, -0.25) is 4.98 Å². The lowest BCUT2D eigenvalue weighted by atomic mass is 9.90. The summed E-state index contributed by atoms with van der Waals surface area (Å²) in [7, 11) is 0. The summed E-state index contributed by atoms with van der Waals surface area (Å²) in [4.78, 5) is 18.4. The minimum absolute atomic E-state index is 0.00410. The summed E-state index contributed by atoms with van der Waals surface area (Å²) in [5, 5.41) is 10.2. The first kappa shape index (κ1) is 16.7. The Hall–Kier alpha value is -1.62. The van der Waals surface area contributed by atoms with Crippen LogP contribution in [0.3, 0.4) is 0 Å². The fraction of sp³-hybridized carbons (Fsp3) is 0.647. The van der Waals surface area contributed by atoms with Gasteiger partial charge >= 0.3 is 6.09 Å². The molecule has 0 aliphatic carbocycles. The molecule has 0 saturated carbocycles. The van der Waals surface area contributed by atoms with Crippen LogP contribution in [0.15, 0.2) is 18.2 Å². The molecule has 0 spiro atoms. The Bertz CT molecular complexity index is 525. The molecule has 1 aliphatic heterocycles. The van der Waals surface area contributed by atoms with E-state index in [9.17, 15) is 9.90 Å². The molecule has 0 aromatic carbocycles. The number of amides is 1. The Labute approximate surface area is 132 Å². The summed E-state index contributed by atoms with van der Waals surface area (Å²) < 4.78 is 5.42. The number of aryl methyl sites for hydroxylation is 1. The van der Waals surface area contributed by atoms with Gasteiger partial charge in [0.05, 0.1) is 6.10 Å². The number of rotatable bonds is 2. The molecule has 1 aromatic heterocycles. The Balaban J connectivity index is 2.00. The van der Waals surface area contributed by atoms with Crippen molar-refractivity contribution in [1.29, 1.82) is 0 Å². The minimum Gasteiger partial charge on any atom is -0.444 e.